The first-order chi connectivity index (χ1) is 7.24. The largest absolute Gasteiger partial charge is 0.236 e. The minimum absolute atomic E-state index is 0.634. The molecule has 1 heterocycles. The molecule has 1 aromatic heterocycles. The number of hydrogen-bond acceptors (Lipinski definition) is 1. The maximum atomic E-state index is 6.07. The number of aromatic nitrogens is 1. The summed E-state index contributed by atoms with van der Waals surface area (Å²) in [5.74, 6) is 0. The number of hydrogen-bond donors (Lipinski definition) is 0. The molecule has 0 aliphatic carbocycles. The second-order valence-electron chi connectivity index (χ2n) is 3.67. The average molecular weight is 220 g/mol. The number of pyridine rings is 1. The molecule has 15 heavy (non-hydrogen) atoms. The third-order valence-corrected chi connectivity index (χ3v) is 3.02. The second-order valence-corrected chi connectivity index (χ2v) is 4.03. The number of fused-ring (bicyclic) bond motifs is 1. The fraction of sp³-hybridized carbons (Fsp3) is 0.308. The van der Waals surface area contributed by atoms with Crippen molar-refractivity contribution in [2.24, 2.45) is 0 Å². The molecule has 1 nitrogen and oxygen atoms in total. The average Bonchev–Trinajstić information content (AvgIpc) is 2.27. The van der Waals surface area contributed by atoms with Crippen LogP contribution in [0.15, 0.2) is 24.3 Å². The Kier molecular flexibility index (Phi) is 2.92. The summed E-state index contributed by atoms with van der Waals surface area (Å²) in [6, 6.07) is 8.48. The predicted octanol–water partition coefficient (Wildman–Crippen LogP) is 4.01. The van der Waals surface area contributed by atoms with Gasteiger partial charge in [0.15, 0.2) is 0 Å². The standard InChI is InChI=1S/C13H14ClN/c1-3-9-5-6-12-11(7-9)8-10(4-2)13(14)15-12/h5-8H,3-4H2,1-2H3. The van der Waals surface area contributed by atoms with Gasteiger partial charge in [-0.2, -0.15) is 0 Å². The number of halogens is 1. The van der Waals surface area contributed by atoms with E-state index in [1.54, 1.807) is 0 Å². The highest BCUT2D eigenvalue weighted by molar-refractivity contribution is 6.30. The molecular weight excluding hydrogens is 206 g/mol. The van der Waals surface area contributed by atoms with Crippen LogP contribution in [-0.4, -0.2) is 4.98 Å². The lowest BCUT2D eigenvalue weighted by atomic mass is 10.1. The van der Waals surface area contributed by atoms with Crippen molar-refractivity contribution in [3.05, 3.63) is 40.5 Å². The van der Waals surface area contributed by atoms with Gasteiger partial charge in [-0.25, -0.2) is 4.98 Å². The Morgan fingerprint density at radius 2 is 1.93 bits per heavy atom. The Hall–Kier alpha value is -1.08. The Morgan fingerprint density at radius 3 is 2.60 bits per heavy atom. The summed E-state index contributed by atoms with van der Waals surface area (Å²) in [6.07, 6.45) is 1.98. The van der Waals surface area contributed by atoms with Crippen LogP contribution >= 0.6 is 11.6 Å². The molecule has 0 aliphatic rings. The van der Waals surface area contributed by atoms with E-state index in [-0.39, 0.29) is 0 Å². The molecule has 0 radical (unpaired) electrons. The van der Waals surface area contributed by atoms with Crippen LogP contribution in [0.25, 0.3) is 10.9 Å². The summed E-state index contributed by atoms with van der Waals surface area (Å²) in [5.41, 5.74) is 3.44. The Balaban J connectivity index is 2.66. The van der Waals surface area contributed by atoms with Gasteiger partial charge in [-0.15, -0.1) is 0 Å². The lowest BCUT2D eigenvalue weighted by Gasteiger charge is -2.05. The van der Waals surface area contributed by atoms with Crippen LogP contribution < -0.4 is 0 Å². The zero-order chi connectivity index (χ0) is 10.8. The Morgan fingerprint density at radius 1 is 1.13 bits per heavy atom. The third-order valence-electron chi connectivity index (χ3n) is 2.69. The van der Waals surface area contributed by atoms with Crippen molar-refractivity contribution in [2.45, 2.75) is 26.7 Å². The first-order valence-electron chi connectivity index (χ1n) is 5.32. The molecule has 0 spiro atoms. The van der Waals surface area contributed by atoms with Crippen molar-refractivity contribution in [2.75, 3.05) is 0 Å². The predicted molar refractivity (Wildman–Crippen MR) is 65.5 cm³/mol. The summed E-state index contributed by atoms with van der Waals surface area (Å²) < 4.78 is 0. The van der Waals surface area contributed by atoms with Crippen molar-refractivity contribution < 1.29 is 0 Å². The van der Waals surface area contributed by atoms with Gasteiger partial charge in [-0.1, -0.05) is 31.5 Å². The van der Waals surface area contributed by atoms with Crippen LogP contribution in [0.5, 0.6) is 0 Å². The highest BCUT2D eigenvalue weighted by atomic mass is 35.5. The van der Waals surface area contributed by atoms with Crippen molar-refractivity contribution in [1.29, 1.82) is 0 Å². The van der Waals surface area contributed by atoms with Crippen LogP contribution in [0.4, 0.5) is 0 Å². The number of benzene rings is 1. The molecule has 0 aliphatic heterocycles. The maximum absolute atomic E-state index is 6.07. The fourth-order valence-corrected chi connectivity index (χ4v) is 1.99. The summed E-state index contributed by atoms with van der Waals surface area (Å²) in [6.45, 7) is 4.25. The monoisotopic (exact) mass is 219 g/mol. The quantitative estimate of drug-likeness (QED) is 0.696. The van der Waals surface area contributed by atoms with E-state index < -0.39 is 0 Å². The van der Waals surface area contributed by atoms with E-state index in [0.717, 1.165) is 23.9 Å². The molecule has 2 heteroatoms. The molecule has 2 rings (SSSR count). The van der Waals surface area contributed by atoms with Gasteiger partial charge in [-0.05, 0) is 42.2 Å². The Bertz CT molecular complexity index is 491. The fourth-order valence-electron chi connectivity index (χ4n) is 1.71. The Labute approximate surface area is 95.1 Å². The third kappa shape index (κ3) is 1.98. The van der Waals surface area contributed by atoms with Gasteiger partial charge in [0.05, 0.1) is 5.52 Å². The van der Waals surface area contributed by atoms with Crippen molar-refractivity contribution in [1.82, 2.24) is 4.98 Å². The molecule has 0 fully saturated rings. The van der Waals surface area contributed by atoms with E-state index in [2.05, 4.69) is 37.0 Å². The van der Waals surface area contributed by atoms with Gasteiger partial charge >= 0.3 is 0 Å². The van der Waals surface area contributed by atoms with E-state index in [9.17, 15) is 0 Å². The molecule has 0 amide bonds. The first-order valence-corrected chi connectivity index (χ1v) is 5.70. The molecule has 1 aromatic carbocycles. The van der Waals surface area contributed by atoms with Crippen molar-refractivity contribution in [3.8, 4) is 0 Å². The van der Waals surface area contributed by atoms with E-state index in [0.29, 0.717) is 5.15 Å². The summed E-state index contributed by atoms with van der Waals surface area (Å²) in [5, 5.41) is 1.82. The van der Waals surface area contributed by atoms with Crippen LogP contribution in [0.1, 0.15) is 25.0 Å². The zero-order valence-corrected chi connectivity index (χ0v) is 9.80. The lowest BCUT2D eigenvalue weighted by Crippen LogP contribution is -1.89. The van der Waals surface area contributed by atoms with E-state index in [1.165, 1.54) is 10.9 Å². The molecule has 0 saturated carbocycles. The molecule has 2 aromatic rings. The second kappa shape index (κ2) is 4.19. The van der Waals surface area contributed by atoms with Gasteiger partial charge in [0, 0.05) is 5.39 Å². The molecule has 0 unspecified atom stereocenters. The highest BCUT2D eigenvalue weighted by Gasteiger charge is 2.03. The van der Waals surface area contributed by atoms with Crippen LogP contribution in [0, 0.1) is 0 Å². The lowest BCUT2D eigenvalue weighted by molar-refractivity contribution is 1.11. The van der Waals surface area contributed by atoms with Gasteiger partial charge in [-0.3, -0.25) is 0 Å². The summed E-state index contributed by atoms with van der Waals surface area (Å²) >= 11 is 6.07. The normalized spacial score (nSPS) is 10.9. The topological polar surface area (TPSA) is 12.9 Å². The molecular formula is C13H14ClN. The smallest absolute Gasteiger partial charge is 0.132 e. The van der Waals surface area contributed by atoms with Gasteiger partial charge in [0.1, 0.15) is 5.15 Å². The minimum atomic E-state index is 0.634. The van der Waals surface area contributed by atoms with Crippen LogP contribution in [-0.2, 0) is 12.8 Å². The SMILES string of the molecule is CCc1ccc2nc(Cl)c(CC)cc2c1. The summed E-state index contributed by atoms with van der Waals surface area (Å²) in [4.78, 5) is 4.39. The van der Waals surface area contributed by atoms with Crippen molar-refractivity contribution in [3.63, 3.8) is 0 Å². The highest BCUT2D eigenvalue weighted by Crippen LogP contribution is 2.22. The van der Waals surface area contributed by atoms with Gasteiger partial charge < -0.3 is 0 Å². The van der Waals surface area contributed by atoms with Crippen molar-refractivity contribution >= 4 is 22.5 Å². The summed E-state index contributed by atoms with van der Waals surface area (Å²) in [7, 11) is 0. The van der Waals surface area contributed by atoms with Crippen LogP contribution in [0.3, 0.4) is 0 Å². The molecule has 0 bridgehead atoms. The molecule has 0 atom stereocenters. The molecule has 0 N–H and O–H groups in total. The number of nitrogens with zero attached hydrogens (tertiary/aromatic N) is 1. The van der Waals surface area contributed by atoms with E-state index in [4.69, 9.17) is 11.6 Å². The maximum Gasteiger partial charge on any atom is 0.132 e. The van der Waals surface area contributed by atoms with Gasteiger partial charge in [0.25, 0.3) is 0 Å². The van der Waals surface area contributed by atoms with E-state index in [1.807, 2.05) is 6.07 Å². The van der Waals surface area contributed by atoms with Gasteiger partial charge in [0.2, 0.25) is 0 Å². The molecule has 0 saturated heterocycles. The van der Waals surface area contributed by atoms with E-state index >= 15 is 0 Å². The first kappa shape index (κ1) is 10.4. The minimum Gasteiger partial charge on any atom is -0.236 e. The molecule has 78 valence electrons. The zero-order valence-electron chi connectivity index (χ0n) is 9.05. The van der Waals surface area contributed by atoms with Crippen LogP contribution in [0.2, 0.25) is 5.15 Å². The number of aryl methyl sites for hydroxylation is 2. The number of rotatable bonds is 2.